The van der Waals surface area contributed by atoms with Crippen LogP contribution in [0.5, 0.6) is 0 Å². The number of hydrogen-bond donors (Lipinski definition) is 2. The van der Waals surface area contributed by atoms with Gasteiger partial charge in [-0.05, 0) is 34.6 Å². The number of fused-ring (bicyclic) bond motifs is 1. The minimum Gasteiger partial charge on any atom is -0.508 e. The fourth-order valence-electron chi connectivity index (χ4n) is 2.42. The third-order valence-corrected chi connectivity index (χ3v) is 3.41. The van der Waals surface area contributed by atoms with Crippen LogP contribution < -0.4 is 0 Å². The number of benzene rings is 2. The molecule has 0 fully saturated rings. The second kappa shape index (κ2) is 4.00. The molecular formula is C16H14O2. The predicted molar refractivity (Wildman–Crippen MR) is 72.3 cm³/mol. The molecule has 2 heteroatoms. The number of rotatable bonds is 1. The minimum atomic E-state index is -1.03. The van der Waals surface area contributed by atoms with Crippen LogP contribution in [0.1, 0.15) is 12.0 Å². The number of aliphatic hydroxyl groups is 2. The van der Waals surface area contributed by atoms with Gasteiger partial charge in [-0.25, -0.2) is 0 Å². The maximum atomic E-state index is 10.7. The summed E-state index contributed by atoms with van der Waals surface area (Å²) in [6, 6.07) is 13.9. The molecule has 2 aromatic carbocycles. The number of hydrogen-bond acceptors (Lipinski definition) is 2. The molecule has 90 valence electrons. The molecule has 0 heterocycles. The molecule has 2 aromatic rings. The molecule has 1 aliphatic carbocycles. The van der Waals surface area contributed by atoms with Gasteiger partial charge in [0.25, 0.3) is 0 Å². The van der Waals surface area contributed by atoms with Crippen molar-refractivity contribution < 1.29 is 10.2 Å². The van der Waals surface area contributed by atoms with Crippen molar-refractivity contribution in [1.82, 2.24) is 0 Å². The highest BCUT2D eigenvalue weighted by atomic mass is 16.3. The second-order valence-corrected chi connectivity index (χ2v) is 4.62. The Hall–Kier alpha value is -2.06. The highest BCUT2D eigenvalue weighted by Gasteiger charge is 2.28. The molecule has 18 heavy (non-hydrogen) atoms. The van der Waals surface area contributed by atoms with Crippen LogP contribution in [0.4, 0.5) is 0 Å². The Bertz CT molecular complexity index is 650. The van der Waals surface area contributed by atoms with Gasteiger partial charge in [0.2, 0.25) is 0 Å². The van der Waals surface area contributed by atoms with Crippen LogP contribution in [0.15, 0.2) is 66.5 Å². The summed E-state index contributed by atoms with van der Waals surface area (Å²) in [6.07, 6.45) is 5.24. The van der Waals surface area contributed by atoms with Crippen molar-refractivity contribution in [2.24, 2.45) is 0 Å². The molecule has 0 bridgehead atoms. The van der Waals surface area contributed by atoms with Gasteiger partial charge < -0.3 is 10.2 Å². The zero-order chi connectivity index (χ0) is 12.6. The fourth-order valence-corrected chi connectivity index (χ4v) is 2.42. The molecule has 0 aromatic heterocycles. The van der Waals surface area contributed by atoms with Gasteiger partial charge in [0, 0.05) is 6.42 Å². The Morgan fingerprint density at radius 3 is 2.56 bits per heavy atom. The van der Waals surface area contributed by atoms with E-state index < -0.39 is 5.60 Å². The standard InChI is InChI=1S/C16H14O2/c17-13-8-10-16(18,11-9-13)15-7-3-5-12-4-1-2-6-14(12)15/h1-10,17-18H,11H2. The van der Waals surface area contributed by atoms with Crippen molar-refractivity contribution in [1.29, 1.82) is 0 Å². The summed E-state index contributed by atoms with van der Waals surface area (Å²) in [6.45, 7) is 0. The van der Waals surface area contributed by atoms with E-state index in [1.54, 1.807) is 18.2 Å². The van der Waals surface area contributed by atoms with Crippen LogP contribution in [0.2, 0.25) is 0 Å². The van der Waals surface area contributed by atoms with Crippen molar-refractivity contribution in [2.75, 3.05) is 0 Å². The van der Waals surface area contributed by atoms with E-state index in [4.69, 9.17) is 0 Å². The van der Waals surface area contributed by atoms with E-state index in [0.29, 0.717) is 6.42 Å². The summed E-state index contributed by atoms with van der Waals surface area (Å²) in [4.78, 5) is 0. The van der Waals surface area contributed by atoms with Crippen LogP contribution in [0.25, 0.3) is 10.8 Å². The lowest BCUT2D eigenvalue weighted by Gasteiger charge is -2.27. The van der Waals surface area contributed by atoms with E-state index in [-0.39, 0.29) is 5.76 Å². The maximum absolute atomic E-state index is 10.7. The highest BCUT2D eigenvalue weighted by molar-refractivity contribution is 5.86. The van der Waals surface area contributed by atoms with Crippen LogP contribution in [0, 0.1) is 0 Å². The van der Waals surface area contributed by atoms with Crippen molar-refractivity contribution in [3.63, 3.8) is 0 Å². The second-order valence-electron chi connectivity index (χ2n) is 4.62. The van der Waals surface area contributed by atoms with Crippen molar-refractivity contribution in [3.8, 4) is 0 Å². The van der Waals surface area contributed by atoms with E-state index in [9.17, 15) is 10.2 Å². The molecule has 3 rings (SSSR count). The molecular weight excluding hydrogens is 224 g/mol. The average molecular weight is 238 g/mol. The quantitative estimate of drug-likeness (QED) is 0.799. The van der Waals surface area contributed by atoms with Crippen LogP contribution >= 0.6 is 0 Å². The Morgan fingerprint density at radius 1 is 1.00 bits per heavy atom. The fraction of sp³-hybridized carbons (Fsp3) is 0.125. The zero-order valence-electron chi connectivity index (χ0n) is 9.88. The van der Waals surface area contributed by atoms with E-state index in [2.05, 4.69) is 0 Å². The summed E-state index contributed by atoms with van der Waals surface area (Å²) in [5.41, 5.74) is -0.159. The molecule has 0 saturated carbocycles. The van der Waals surface area contributed by atoms with Crippen molar-refractivity contribution in [3.05, 3.63) is 72.0 Å². The zero-order valence-corrected chi connectivity index (χ0v) is 9.88. The Balaban J connectivity index is 2.18. The van der Waals surface area contributed by atoms with Gasteiger partial charge in [0.05, 0.1) is 0 Å². The number of allylic oxidation sites excluding steroid dienone is 1. The topological polar surface area (TPSA) is 40.5 Å². The molecule has 1 atom stereocenters. The summed E-state index contributed by atoms with van der Waals surface area (Å²) in [5.74, 6) is 0.208. The molecule has 0 spiro atoms. The van der Waals surface area contributed by atoms with E-state index in [1.807, 2.05) is 42.5 Å². The maximum Gasteiger partial charge on any atom is 0.112 e. The largest absolute Gasteiger partial charge is 0.508 e. The normalized spacial score (nSPS) is 23.1. The SMILES string of the molecule is OC1=CCC(O)(c2cccc3ccccc23)C=C1. The minimum absolute atomic E-state index is 0.208. The lowest BCUT2D eigenvalue weighted by atomic mass is 9.84. The smallest absolute Gasteiger partial charge is 0.112 e. The van der Waals surface area contributed by atoms with Gasteiger partial charge in [-0.2, -0.15) is 0 Å². The molecule has 0 radical (unpaired) electrons. The summed E-state index contributed by atoms with van der Waals surface area (Å²) in [5, 5.41) is 22.2. The van der Waals surface area contributed by atoms with Crippen LogP contribution in [-0.4, -0.2) is 10.2 Å². The third-order valence-electron chi connectivity index (χ3n) is 3.41. The molecule has 0 amide bonds. The molecule has 0 aliphatic heterocycles. The molecule has 2 N–H and O–H groups in total. The Labute approximate surface area is 106 Å². The van der Waals surface area contributed by atoms with E-state index in [0.717, 1.165) is 16.3 Å². The van der Waals surface area contributed by atoms with Crippen molar-refractivity contribution >= 4 is 10.8 Å². The molecule has 0 saturated heterocycles. The van der Waals surface area contributed by atoms with Gasteiger partial charge in [-0.1, -0.05) is 42.5 Å². The monoisotopic (exact) mass is 238 g/mol. The molecule has 1 unspecified atom stereocenters. The predicted octanol–water partition coefficient (Wildman–Crippen LogP) is 3.43. The summed E-state index contributed by atoms with van der Waals surface area (Å²) in [7, 11) is 0. The van der Waals surface area contributed by atoms with Crippen LogP contribution in [0.3, 0.4) is 0 Å². The summed E-state index contributed by atoms with van der Waals surface area (Å²) >= 11 is 0. The highest BCUT2D eigenvalue weighted by Crippen LogP contribution is 2.35. The molecule has 2 nitrogen and oxygen atoms in total. The lowest BCUT2D eigenvalue weighted by Crippen LogP contribution is -2.24. The van der Waals surface area contributed by atoms with E-state index in [1.165, 1.54) is 0 Å². The van der Waals surface area contributed by atoms with Gasteiger partial charge in [-0.3, -0.25) is 0 Å². The first-order valence-corrected chi connectivity index (χ1v) is 5.98. The Kier molecular flexibility index (Phi) is 2.46. The summed E-state index contributed by atoms with van der Waals surface area (Å²) < 4.78 is 0. The first-order chi connectivity index (χ1) is 8.69. The van der Waals surface area contributed by atoms with Gasteiger partial charge in [-0.15, -0.1) is 0 Å². The third kappa shape index (κ3) is 1.71. The average Bonchev–Trinajstić information content (AvgIpc) is 2.42. The molecule has 1 aliphatic rings. The first kappa shape index (κ1) is 11.1. The van der Waals surface area contributed by atoms with Gasteiger partial charge in [0.15, 0.2) is 0 Å². The Morgan fingerprint density at radius 2 is 1.78 bits per heavy atom. The van der Waals surface area contributed by atoms with Gasteiger partial charge >= 0.3 is 0 Å². The number of aliphatic hydroxyl groups excluding tert-OH is 1. The van der Waals surface area contributed by atoms with Gasteiger partial charge in [0.1, 0.15) is 11.4 Å². The first-order valence-electron chi connectivity index (χ1n) is 5.98. The van der Waals surface area contributed by atoms with Crippen molar-refractivity contribution in [2.45, 2.75) is 12.0 Å². The lowest BCUT2D eigenvalue weighted by molar-refractivity contribution is 0.0909. The van der Waals surface area contributed by atoms with Crippen LogP contribution in [-0.2, 0) is 5.60 Å². The van der Waals surface area contributed by atoms with E-state index >= 15 is 0 Å².